The van der Waals surface area contributed by atoms with Crippen molar-refractivity contribution in [2.75, 3.05) is 57.2 Å². The second kappa shape index (κ2) is 9.94. The normalized spacial score (nSPS) is 19.8. The zero-order valence-corrected chi connectivity index (χ0v) is 21.7. The Morgan fingerprint density at radius 2 is 1.97 bits per heavy atom. The van der Waals surface area contributed by atoms with E-state index in [-0.39, 0.29) is 6.54 Å². The molecule has 4 heterocycles. The minimum absolute atomic E-state index is 0.103. The SMILES string of the molecule is CN(c1cccc2cc(C3=NCC(CN4CCN(CC(=O)O)CC4)S3)[nH]c12)S(=O)(=O)c1cccs1. The van der Waals surface area contributed by atoms with Gasteiger partial charge in [-0.3, -0.25) is 23.9 Å². The lowest BCUT2D eigenvalue weighted by Crippen LogP contribution is -2.49. The van der Waals surface area contributed by atoms with Crippen LogP contribution < -0.4 is 4.31 Å². The van der Waals surface area contributed by atoms with Crippen molar-refractivity contribution in [2.24, 2.45) is 4.99 Å². The number of anilines is 1. The number of rotatable bonds is 8. The second-order valence-corrected chi connectivity index (χ2v) is 13.1. The van der Waals surface area contributed by atoms with Crippen LogP contribution in [-0.2, 0) is 14.8 Å². The number of aliphatic carboxylic acids is 1. The number of aliphatic imine (C=N–C) groups is 1. The Morgan fingerprint density at radius 1 is 1.20 bits per heavy atom. The molecule has 0 amide bonds. The number of carbonyl (C=O) groups is 1. The van der Waals surface area contributed by atoms with E-state index in [1.807, 2.05) is 29.2 Å². The minimum Gasteiger partial charge on any atom is -0.480 e. The third-order valence-corrected chi connectivity index (χ3v) is 10.7. The van der Waals surface area contributed by atoms with Crippen LogP contribution in [0.1, 0.15) is 5.69 Å². The molecular formula is C23H27N5O4S3. The molecule has 186 valence electrons. The molecule has 0 radical (unpaired) electrons. The summed E-state index contributed by atoms with van der Waals surface area (Å²) in [4.78, 5) is 23.5. The number of para-hydroxylation sites is 1. The Kier molecular flexibility index (Phi) is 6.91. The molecule has 12 heteroatoms. The summed E-state index contributed by atoms with van der Waals surface area (Å²) >= 11 is 2.95. The fourth-order valence-corrected chi connectivity index (χ4v) is 7.97. The third kappa shape index (κ3) is 5.12. The Labute approximate surface area is 212 Å². The first kappa shape index (κ1) is 24.3. The largest absolute Gasteiger partial charge is 0.480 e. The zero-order valence-electron chi connectivity index (χ0n) is 19.3. The number of hydrogen-bond acceptors (Lipinski definition) is 8. The predicted molar refractivity (Wildman–Crippen MR) is 142 cm³/mol. The van der Waals surface area contributed by atoms with E-state index in [0.29, 0.717) is 15.1 Å². The van der Waals surface area contributed by atoms with Gasteiger partial charge < -0.3 is 10.1 Å². The van der Waals surface area contributed by atoms with E-state index in [2.05, 4.69) is 9.88 Å². The van der Waals surface area contributed by atoms with Crippen molar-refractivity contribution in [1.29, 1.82) is 0 Å². The molecule has 1 atom stereocenters. The monoisotopic (exact) mass is 533 g/mol. The predicted octanol–water partition coefficient (Wildman–Crippen LogP) is 2.62. The average Bonchev–Trinajstić information content (AvgIpc) is 3.59. The van der Waals surface area contributed by atoms with E-state index in [1.165, 1.54) is 15.6 Å². The number of piperazine rings is 1. The fourth-order valence-electron chi connectivity index (χ4n) is 4.46. The van der Waals surface area contributed by atoms with E-state index in [0.717, 1.165) is 60.9 Å². The number of fused-ring (bicyclic) bond motifs is 1. The molecule has 0 saturated carbocycles. The van der Waals surface area contributed by atoms with Gasteiger partial charge in [0.2, 0.25) is 0 Å². The first-order valence-electron chi connectivity index (χ1n) is 11.3. The highest BCUT2D eigenvalue weighted by atomic mass is 32.2. The van der Waals surface area contributed by atoms with Gasteiger partial charge in [-0.25, -0.2) is 8.42 Å². The van der Waals surface area contributed by atoms with Gasteiger partial charge in [0.05, 0.1) is 30.0 Å². The molecule has 1 aromatic carbocycles. The van der Waals surface area contributed by atoms with Crippen molar-refractivity contribution in [3.05, 3.63) is 47.5 Å². The van der Waals surface area contributed by atoms with Crippen LogP contribution in [0.4, 0.5) is 5.69 Å². The molecule has 1 fully saturated rings. The van der Waals surface area contributed by atoms with Crippen LogP contribution in [0.15, 0.2) is 51.0 Å². The Balaban J connectivity index is 1.27. The van der Waals surface area contributed by atoms with Crippen LogP contribution in [0.25, 0.3) is 10.9 Å². The summed E-state index contributed by atoms with van der Waals surface area (Å²) in [6.45, 7) is 5.00. The molecule has 2 aliphatic rings. The summed E-state index contributed by atoms with van der Waals surface area (Å²) in [5.41, 5.74) is 2.26. The lowest BCUT2D eigenvalue weighted by atomic mass is 10.2. The molecule has 2 aromatic heterocycles. The maximum atomic E-state index is 13.1. The maximum Gasteiger partial charge on any atom is 0.317 e. The van der Waals surface area contributed by atoms with Crippen molar-refractivity contribution in [2.45, 2.75) is 9.46 Å². The van der Waals surface area contributed by atoms with Crippen molar-refractivity contribution >= 4 is 60.7 Å². The van der Waals surface area contributed by atoms with E-state index in [9.17, 15) is 13.2 Å². The van der Waals surface area contributed by atoms with Crippen LogP contribution in [0.2, 0.25) is 0 Å². The van der Waals surface area contributed by atoms with Crippen LogP contribution in [0, 0.1) is 0 Å². The number of aromatic amines is 1. The van der Waals surface area contributed by atoms with Gasteiger partial charge in [-0.15, -0.1) is 11.3 Å². The van der Waals surface area contributed by atoms with Crippen LogP contribution >= 0.6 is 23.1 Å². The number of carboxylic acid groups (broad SMARTS) is 1. The zero-order chi connectivity index (χ0) is 24.6. The van der Waals surface area contributed by atoms with Crippen molar-refractivity contribution in [3.63, 3.8) is 0 Å². The number of carboxylic acids is 1. The number of H-pyrrole nitrogens is 1. The summed E-state index contributed by atoms with van der Waals surface area (Å²) in [6, 6.07) is 11.0. The van der Waals surface area contributed by atoms with Gasteiger partial charge in [0.15, 0.2) is 0 Å². The number of hydrogen-bond donors (Lipinski definition) is 2. The lowest BCUT2D eigenvalue weighted by molar-refractivity contribution is -0.138. The number of thioether (sulfide) groups is 1. The average molecular weight is 534 g/mol. The number of aromatic nitrogens is 1. The van der Waals surface area contributed by atoms with Gasteiger partial charge >= 0.3 is 5.97 Å². The van der Waals surface area contributed by atoms with Gasteiger partial charge in [0.1, 0.15) is 9.25 Å². The molecule has 2 N–H and O–H groups in total. The molecular weight excluding hydrogens is 506 g/mol. The maximum absolute atomic E-state index is 13.1. The molecule has 0 spiro atoms. The minimum atomic E-state index is -3.63. The molecule has 2 aliphatic heterocycles. The summed E-state index contributed by atoms with van der Waals surface area (Å²) < 4.78 is 27.8. The molecule has 5 rings (SSSR count). The Bertz CT molecular complexity index is 1340. The highest BCUT2D eigenvalue weighted by Gasteiger charge is 2.28. The molecule has 9 nitrogen and oxygen atoms in total. The number of thiophene rings is 1. The summed E-state index contributed by atoms with van der Waals surface area (Å²) in [5, 5.41) is 12.9. The topological polar surface area (TPSA) is 109 Å². The van der Waals surface area contributed by atoms with Crippen molar-refractivity contribution in [1.82, 2.24) is 14.8 Å². The number of benzene rings is 1. The molecule has 1 unspecified atom stereocenters. The lowest BCUT2D eigenvalue weighted by Gasteiger charge is -2.34. The van der Waals surface area contributed by atoms with Crippen LogP contribution in [-0.4, -0.2) is 97.4 Å². The smallest absolute Gasteiger partial charge is 0.317 e. The molecule has 0 bridgehead atoms. The van der Waals surface area contributed by atoms with Gasteiger partial charge in [0.25, 0.3) is 10.0 Å². The van der Waals surface area contributed by atoms with E-state index >= 15 is 0 Å². The van der Waals surface area contributed by atoms with Gasteiger partial charge in [-0.1, -0.05) is 30.0 Å². The molecule has 3 aromatic rings. The molecule has 1 saturated heterocycles. The van der Waals surface area contributed by atoms with E-state index in [1.54, 1.807) is 36.3 Å². The molecule has 0 aliphatic carbocycles. The first-order valence-corrected chi connectivity index (χ1v) is 14.5. The van der Waals surface area contributed by atoms with Gasteiger partial charge in [-0.2, -0.15) is 0 Å². The third-order valence-electron chi connectivity index (χ3n) is 6.32. The highest BCUT2D eigenvalue weighted by Crippen LogP contribution is 2.34. The van der Waals surface area contributed by atoms with Crippen LogP contribution in [0.5, 0.6) is 0 Å². The van der Waals surface area contributed by atoms with E-state index < -0.39 is 16.0 Å². The van der Waals surface area contributed by atoms with Gasteiger partial charge in [-0.05, 0) is 23.6 Å². The number of nitrogens with one attached hydrogen (secondary N) is 1. The second-order valence-electron chi connectivity index (χ2n) is 8.69. The highest BCUT2D eigenvalue weighted by molar-refractivity contribution is 8.15. The van der Waals surface area contributed by atoms with E-state index in [4.69, 9.17) is 10.1 Å². The Hall–Kier alpha value is -2.38. The summed E-state index contributed by atoms with van der Waals surface area (Å²) in [6.07, 6.45) is 0. The standard InChI is InChI=1S/C23H27N5O4S3/c1-26(35(31,32)21-6-3-11-33-21)19-5-2-4-16-12-18(25-22(16)19)23-24-13-17(34-23)14-27-7-9-28(10-8-27)15-20(29)30/h2-6,11-12,17,25H,7-10,13-15H2,1H3,(H,29,30). The van der Waals surface area contributed by atoms with Gasteiger partial charge in [0, 0.05) is 50.4 Å². The quantitative estimate of drug-likeness (QED) is 0.458. The number of nitrogens with zero attached hydrogens (tertiary/aromatic N) is 4. The first-order chi connectivity index (χ1) is 16.8. The summed E-state index contributed by atoms with van der Waals surface area (Å²) in [7, 11) is -2.05. The number of sulfonamides is 1. The summed E-state index contributed by atoms with van der Waals surface area (Å²) in [5.74, 6) is -0.778. The Morgan fingerprint density at radius 3 is 2.69 bits per heavy atom. The van der Waals surface area contributed by atoms with Crippen LogP contribution in [0.3, 0.4) is 0 Å². The van der Waals surface area contributed by atoms with Crippen molar-refractivity contribution < 1.29 is 18.3 Å². The fraction of sp³-hybridized carbons (Fsp3) is 0.391. The van der Waals surface area contributed by atoms with Crippen molar-refractivity contribution in [3.8, 4) is 0 Å². The molecule has 35 heavy (non-hydrogen) atoms.